The van der Waals surface area contributed by atoms with E-state index in [2.05, 4.69) is 0 Å². The molecule has 0 saturated heterocycles. The number of hydrogen-bond acceptors (Lipinski definition) is 1. The lowest BCUT2D eigenvalue weighted by Crippen LogP contribution is -2.30. The van der Waals surface area contributed by atoms with Crippen molar-refractivity contribution in [3.05, 3.63) is 113 Å². The van der Waals surface area contributed by atoms with E-state index in [1.165, 1.54) is 18.2 Å². The molecule has 6 aromatic carbocycles. The highest BCUT2D eigenvalue weighted by Gasteiger charge is 2.44. The number of rotatable bonds is 3. The van der Waals surface area contributed by atoms with Crippen molar-refractivity contribution < 1.29 is 57.3 Å². The summed E-state index contributed by atoms with van der Waals surface area (Å²) in [6.45, 7) is 0. The van der Waals surface area contributed by atoms with E-state index in [0.29, 0.717) is 26.9 Å². The van der Waals surface area contributed by atoms with Crippen LogP contribution in [0.5, 0.6) is 0 Å². The largest absolute Gasteiger partial charge is 0.416 e. The molecule has 0 aliphatic heterocycles. The molecular formula is C32H15F12OP. The quantitative estimate of drug-likeness (QED) is 0.104. The molecule has 0 saturated carbocycles. The van der Waals surface area contributed by atoms with Gasteiger partial charge in [-0.15, -0.1) is 0 Å². The number of alkyl halides is 12. The Morgan fingerprint density at radius 2 is 0.761 bits per heavy atom. The van der Waals surface area contributed by atoms with Gasteiger partial charge in [0.2, 0.25) is 0 Å². The molecule has 1 nitrogen and oxygen atoms in total. The second-order valence-electron chi connectivity index (χ2n) is 10.6. The van der Waals surface area contributed by atoms with Crippen LogP contribution in [-0.2, 0) is 29.3 Å². The smallest absolute Gasteiger partial charge is 0.309 e. The molecule has 0 unspecified atom stereocenters. The Balaban J connectivity index is 1.82. The van der Waals surface area contributed by atoms with E-state index in [0.717, 1.165) is 6.07 Å². The van der Waals surface area contributed by atoms with E-state index in [-0.39, 0.29) is 41.8 Å². The maximum atomic E-state index is 15.4. The molecule has 0 bridgehead atoms. The van der Waals surface area contributed by atoms with E-state index in [1.807, 2.05) is 0 Å². The van der Waals surface area contributed by atoms with E-state index in [9.17, 15) is 52.7 Å². The van der Waals surface area contributed by atoms with Crippen LogP contribution in [0.2, 0.25) is 0 Å². The van der Waals surface area contributed by atoms with Crippen LogP contribution in [-0.4, -0.2) is 0 Å². The third-order valence-electron chi connectivity index (χ3n) is 7.72. The minimum absolute atomic E-state index is 0.0397. The van der Waals surface area contributed by atoms with Crippen molar-refractivity contribution in [3.63, 3.8) is 0 Å². The van der Waals surface area contributed by atoms with Gasteiger partial charge >= 0.3 is 24.7 Å². The van der Waals surface area contributed by atoms with Gasteiger partial charge in [-0.1, -0.05) is 48.5 Å². The topological polar surface area (TPSA) is 17.1 Å². The standard InChI is InChI=1S/C32H15F12OP/c33-29(34,35)19-10-20(30(36,37)38)13-23(12-19)46(45,24-14-21(31(39,40)41)11-22(15-24)32(42,43)44)26-9-7-18-5-4-16-2-1-3-17-6-8-25(26)28(18)27(16)17/h1-15H. The lowest BCUT2D eigenvalue weighted by atomic mass is 9.94. The Kier molecular flexibility index (Phi) is 6.98. The molecule has 0 heterocycles. The van der Waals surface area contributed by atoms with Crippen LogP contribution in [0.25, 0.3) is 32.3 Å². The summed E-state index contributed by atoms with van der Waals surface area (Å²) in [6.07, 6.45) is -21.9. The fourth-order valence-electron chi connectivity index (χ4n) is 5.66. The lowest BCUT2D eigenvalue weighted by Gasteiger charge is -2.26. The molecule has 0 amide bonds. The minimum atomic E-state index is -5.46. The van der Waals surface area contributed by atoms with E-state index < -0.39 is 70.0 Å². The first kappa shape index (κ1) is 31.7. The third-order valence-corrected chi connectivity index (χ3v) is 10.8. The predicted octanol–water partition coefficient (Wildman–Crippen LogP) is 10.3. The van der Waals surface area contributed by atoms with Crippen molar-refractivity contribution in [3.8, 4) is 0 Å². The Bertz CT molecular complexity index is 2030. The molecule has 0 fully saturated rings. The molecule has 0 aromatic heterocycles. The van der Waals surface area contributed by atoms with E-state index >= 15 is 4.57 Å². The van der Waals surface area contributed by atoms with Gasteiger partial charge in [0.15, 0.2) is 7.14 Å². The zero-order valence-electron chi connectivity index (χ0n) is 22.6. The summed E-state index contributed by atoms with van der Waals surface area (Å²) >= 11 is 0. The average Bonchev–Trinajstić information content (AvgIpc) is 2.97. The van der Waals surface area contributed by atoms with E-state index in [1.54, 1.807) is 30.3 Å². The summed E-state index contributed by atoms with van der Waals surface area (Å²) < 4.78 is 183. The molecule has 0 radical (unpaired) electrons. The maximum Gasteiger partial charge on any atom is 0.416 e. The second-order valence-corrected chi connectivity index (χ2v) is 13.3. The Morgan fingerprint density at radius 1 is 0.413 bits per heavy atom. The summed E-state index contributed by atoms with van der Waals surface area (Å²) in [5.74, 6) is 0. The molecule has 14 heteroatoms. The molecule has 0 atom stereocenters. The zero-order chi connectivity index (χ0) is 33.6. The highest BCUT2D eigenvalue weighted by Crippen LogP contribution is 2.50. The molecule has 6 rings (SSSR count). The third kappa shape index (κ3) is 5.24. The van der Waals surface area contributed by atoms with Gasteiger partial charge in [-0.2, -0.15) is 52.7 Å². The Labute approximate surface area is 250 Å². The van der Waals surface area contributed by atoms with Gasteiger partial charge in [0.1, 0.15) is 0 Å². The maximum absolute atomic E-state index is 15.4. The summed E-state index contributed by atoms with van der Waals surface area (Å²) in [4.78, 5) is 0. The van der Waals surface area contributed by atoms with Crippen molar-refractivity contribution in [2.75, 3.05) is 0 Å². The van der Waals surface area contributed by atoms with Gasteiger partial charge in [0.25, 0.3) is 0 Å². The van der Waals surface area contributed by atoms with Crippen LogP contribution in [0, 0.1) is 0 Å². The van der Waals surface area contributed by atoms with Crippen LogP contribution in [0.4, 0.5) is 52.7 Å². The van der Waals surface area contributed by atoms with Crippen molar-refractivity contribution in [2.45, 2.75) is 24.7 Å². The Morgan fingerprint density at radius 3 is 1.15 bits per heavy atom. The molecule has 0 N–H and O–H groups in total. The zero-order valence-corrected chi connectivity index (χ0v) is 23.4. The van der Waals surface area contributed by atoms with Crippen LogP contribution >= 0.6 is 7.14 Å². The summed E-state index contributed by atoms with van der Waals surface area (Å²) in [5.41, 5.74) is -7.78. The van der Waals surface area contributed by atoms with Crippen LogP contribution in [0.1, 0.15) is 22.3 Å². The predicted molar refractivity (Wildman–Crippen MR) is 150 cm³/mol. The van der Waals surface area contributed by atoms with Gasteiger partial charge in [-0.25, -0.2) is 0 Å². The number of hydrogen-bond donors (Lipinski definition) is 0. The first-order valence-corrected chi connectivity index (χ1v) is 14.8. The average molecular weight is 674 g/mol. The van der Waals surface area contributed by atoms with Gasteiger partial charge < -0.3 is 4.57 Å². The molecule has 0 spiro atoms. The molecule has 238 valence electrons. The van der Waals surface area contributed by atoms with Gasteiger partial charge in [-0.3, -0.25) is 0 Å². The first-order chi connectivity index (χ1) is 21.2. The van der Waals surface area contributed by atoms with E-state index in [4.69, 9.17) is 0 Å². The highest BCUT2D eigenvalue weighted by molar-refractivity contribution is 7.85. The van der Waals surface area contributed by atoms with Crippen molar-refractivity contribution in [1.29, 1.82) is 0 Å². The van der Waals surface area contributed by atoms with Gasteiger partial charge in [0.05, 0.1) is 22.3 Å². The second kappa shape index (κ2) is 10.1. The Hall–Kier alpha value is -4.25. The SMILES string of the molecule is O=P(c1cc(C(F)(F)F)cc(C(F)(F)F)c1)(c1cc(C(F)(F)F)cc(C(F)(F)F)c1)c1ccc2ccc3cccc4ccc1c2c34. The molecule has 0 aliphatic carbocycles. The summed E-state index contributed by atoms with van der Waals surface area (Å²) in [6, 6.07) is 13.4. The number of benzene rings is 6. The van der Waals surface area contributed by atoms with Gasteiger partial charge in [-0.05, 0) is 74.8 Å². The van der Waals surface area contributed by atoms with Crippen molar-refractivity contribution in [1.82, 2.24) is 0 Å². The fraction of sp³-hybridized carbons (Fsp3) is 0.125. The molecule has 0 aliphatic rings. The lowest BCUT2D eigenvalue weighted by molar-refractivity contribution is -0.144. The van der Waals surface area contributed by atoms with Crippen molar-refractivity contribution >= 4 is 55.4 Å². The molecule has 46 heavy (non-hydrogen) atoms. The first-order valence-electron chi connectivity index (χ1n) is 13.1. The normalized spacial score (nSPS) is 13.7. The monoisotopic (exact) mass is 674 g/mol. The van der Waals surface area contributed by atoms with Crippen LogP contribution in [0.15, 0.2) is 91.0 Å². The minimum Gasteiger partial charge on any atom is -0.309 e. The fourth-order valence-corrected chi connectivity index (χ4v) is 8.61. The summed E-state index contributed by atoms with van der Waals surface area (Å²) in [5, 5.41) is -0.520. The van der Waals surface area contributed by atoms with Crippen molar-refractivity contribution in [2.24, 2.45) is 0 Å². The van der Waals surface area contributed by atoms with Crippen LogP contribution < -0.4 is 15.9 Å². The summed E-state index contributed by atoms with van der Waals surface area (Å²) in [7, 11) is -5.42. The van der Waals surface area contributed by atoms with Crippen LogP contribution in [0.3, 0.4) is 0 Å². The molecule has 6 aromatic rings. The highest BCUT2D eigenvalue weighted by atomic mass is 31.2. The number of halogens is 12. The van der Waals surface area contributed by atoms with Gasteiger partial charge in [0, 0.05) is 15.9 Å². The molecular weight excluding hydrogens is 659 g/mol.